The fourth-order valence-corrected chi connectivity index (χ4v) is 5.25. The molecule has 198 valence electrons. The van der Waals surface area contributed by atoms with E-state index in [0.29, 0.717) is 53.6 Å². The first kappa shape index (κ1) is 27.1. The Morgan fingerprint density at radius 3 is 2.59 bits per heavy atom. The van der Waals surface area contributed by atoms with Crippen molar-refractivity contribution in [3.63, 3.8) is 0 Å². The van der Waals surface area contributed by atoms with Crippen molar-refractivity contribution in [3.8, 4) is 0 Å². The number of amides is 1. The molecule has 2 aromatic rings. The summed E-state index contributed by atoms with van der Waals surface area (Å²) in [5.41, 5.74) is 0.892. The van der Waals surface area contributed by atoms with Gasteiger partial charge in [-0.2, -0.15) is 0 Å². The van der Waals surface area contributed by atoms with Crippen molar-refractivity contribution < 1.29 is 23.5 Å². The highest BCUT2D eigenvalue weighted by Crippen LogP contribution is 2.40. The van der Waals surface area contributed by atoms with Crippen molar-refractivity contribution >= 4 is 40.8 Å². The van der Waals surface area contributed by atoms with Crippen LogP contribution in [0.1, 0.15) is 57.1 Å². The largest absolute Gasteiger partial charge is 0.463 e. The first-order valence-corrected chi connectivity index (χ1v) is 13.4. The summed E-state index contributed by atoms with van der Waals surface area (Å²) >= 11 is 7.85. The zero-order valence-electron chi connectivity index (χ0n) is 21.2. The molecule has 1 amide bonds. The lowest BCUT2D eigenvalue weighted by molar-refractivity contribution is -0.139. The van der Waals surface area contributed by atoms with Gasteiger partial charge in [-0.1, -0.05) is 17.7 Å². The summed E-state index contributed by atoms with van der Waals surface area (Å²) in [6.45, 7) is 8.34. The van der Waals surface area contributed by atoms with Gasteiger partial charge in [0.05, 0.1) is 12.2 Å². The van der Waals surface area contributed by atoms with Gasteiger partial charge >= 0.3 is 12.1 Å². The van der Waals surface area contributed by atoms with E-state index >= 15 is 0 Å². The van der Waals surface area contributed by atoms with Crippen LogP contribution in [-0.4, -0.2) is 53.1 Å². The number of hydrogen-bond acceptors (Lipinski definition) is 8. The number of rotatable bonds is 5. The number of nitrogens with zero attached hydrogens (tertiary/aromatic N) is 3. The Kier molecular flexibility index (Phi) is 8.18. The molecule has 8 nitrogen and oxygen atoms in total. The minimum absolute atomic E-state index is 0.0923. The van der Waals surface area contributed by atoms with E-state index in [2.05, 4.69) is 10.3 Å². The van der Waals surface area contributed by atoms with E-state index in [9.17, 15) is 14.0 Å². The zero-order valence-corrected chi connectivity index (χ0v) is 22.8. The lowest BCUT2D eigenvalue weighted by Gasteiger charge is -2.37. The Morgan fingerprint density at radius 1 is 1.27 bits per heavy atom. The predicted molar refractivity (Wildman–Crippen MR) is 140 cm³/mol. The van der Waals surface area contributed by atoms with Crippen LogP contribution in [0, 0.1) is 11.7 Å². The Balaban J connectivity index is 1.72. The molecule has 4 rings (SSSR count). The summed E-state index contributed by atoms with van der Waals surface area (Å²) < 4.78 is 24.8. The molecule has 0 saturated carbocycles. The number of hydrogen-bond donors (Lipinski definition) is 1. The summed E-state index contributed by atoms with van der Waals surface area (Å²) in [5.74, 6) is -0.599. The van der Waals surface area contributed by atoms with Gasteiger partial charge in [-0.05, 0) is 52.7 Å². The summed E-state index contributed by atoms with van der Waals surface area (Å²) in [5, 5.41) is 6.00. The molecule has 1 aromatic heterocycles. The second-order valence-corrected chi connectivity index (χ2v) is 11.1. The van der Waals surface area contributed by atoms with Crippen molar-refractivity contribution in [2.24, 2.45) is 10.9 Å². The van der Waals surface area contributed by atoms with Crippen molar-refractivity contribution in [2.75, 3.05) is 19.7 Å². The minimum Gasteiger partial charge on any atom is -0.463 e. The fourth-order valence-electron chi connectivity index (χ4n) is 4.40. The molecule has 0 aliphatic carbocycles. The minimum atomic E-state index is -0.814. The quantitative estimate of drug-likeness (QED) is 0.497. The molecule has 1 unspecified atom stereocenters. The second-order valence-electron chi connectivity index (χ2n) is 9.80. The van der Waals surface area contributed by atoms with E-state index in [4.69, 9.17) is 26.1 Å². The molecule has 37 heavy (non-hydrogen) atoms. The van der Waals surface area contributed by atoms with Crippen LogP contribution in [0.3, 0.4) is 0 Å². The zero-order chi connectivity index (χ0) is 26.7. The summed E-state index contributed by atoms with van der Waals surface area (Å²) in [6.07, 6.45) is 2.51. The number of piperidine rings is 1. The van der Waals surface area contributed by atoms with Crippen molar-refractivity contribution in [3.05, 3.63) is 62.5 Å². The molecule has 1 N–H and O–H groups in total. The number of benzene rings is 1. The summed E-state index contributed by atoms with van der Waals surface area (Å²) in [7, 11) is 0. The smallest absolute Gasteiger partial charge is 0.410 e. The fraction of sp³-hybridized carbons (Fsp3) is 0.462. The van der Waals surface area contributed by atoms with Gasteiger partial charge < -0.3 is 19.7 Å². The molecule has 0 radical (unpaired) electrons. The van der Waals surface area contributed by atoms with E-state index in [1.807, 2.05) is 26.2 Å². The van der Waals surface area contributed by atoms with E-state index in [-0.39, 0.29) is 23.6 Å². The molecular weight excluding hydrogens is 519 g/mol. The summed E-state index contributed by atoms with van der Waals surface area (Å²) in [6, 6.07) is 3.23. The van der Waals surface area contributed by atoms with Crippen LogP contribution in [0.25, 0.3) is 0 Å². The van der Waals surface area contributed by atoms with Gasteiger partial charge in [0, 0.05) is 46.9 Å². The lowest BCUT2D eigenvalue weighted by atomic mass is 9.85. The SMILES string of the molecule is CCOC(=O)C1=C(C2CCN(C(=O)OC(C)(C)C)CC2)NC(c2nccs2)=NC1c1ccc(F)cc1Cl. The van der Waals surface area contributed by atoms with E-state index in [0.717, 1.165) is 0 Å². The average molecular weight is 549 g/mol. The number of ether oxygens (including phenoxy) is 2. The molecule has 0 spiro atoms. The Bertz CT molecular complexity index is 1220. The molecule has 0 bridgehead atoms. The van der Waals surface area contributed by atoms with E-state index in [1.54, 1.807) is 24.1 Å². The molecule has 11 heteroatoms. The van der Waals surface area contributed by atoms with Gasteiger partial charge in [-0.15, -0.1) is 11.3 Å². The number of aromatic nitrogens is 1. The highest BCUT2D eigenvalue weighted by Gasteiger charge is 2.38. The number of aliphatic imine (C=N–C) groups is 1. The van der Waals surface area contributed by atoms with Crippen molar-refractivity contribution in [1.82, 2.24) is 15.2 Å². The number of halogens is 2. The Hall–Kier alpha value is -2.98. The van der Waals surface area contributed by atoms with Gasteiger partial charge in [-0.3, -0.25) is 4.99 Å². The number of thiazole rings is 1. The Labute approximate surface area is 224 Å². The molecule has 2 aliphatic rings. The van der Waals surface area contributed by atoms with Crippen LogP contribution in [0.4, 0.5) is 9.18 Å². The molecule has 1 fully saturated rings. The van der Waals surface area contributed by atoms with Gasteiger partial charge in [0.2, 0.25) is 0 Å². The molecule has 1 aromatic carbocycles. The normalized spacial score (nSPS) is 18.8. The van der Waals surface area contributed by atoms with Crippen LogP contribution >= 0.6 is 22.9 Å². The monoisotopic (exact) mass is 548 g/mol. The topological polar surface area (TPSA) is 93.1 Å². The number of amidine groups is 1. The first-order chi connectivity index (χ1) is 17.6. The van der Waals surface area contributed by atoms with E-state index < -0.39 is 23.4 Å². The van der Waals surface area contributed by atoms with Crippen molar-refractivity contribution in [2.45, 2.75) is 52.2 Å². The number of carbonyl (C=O) groups is 2. The maximum atomic E-state index is 13.9. The third kappa shape index (κ3) is 6.30. The van der Waals surface area contributed by atoms with Gasteiger partial charge in [0.25, 0.3) is 0 Å². The predicted octanol–water partition coefficient (Wildman–Crippen LogP) is 5.49. The van der Waals surface area contributed by atoms with Crippen LogP contribution in [0.2, 0.25) is 5.02 Å². The number of allylic oxidation sites excluding steroid dienone is 1. The molecular formula is C26H30ClFN4O4S. The number of carbonyl (C=O) groups excluding carboxylic acids is 2. The van der Waals surface area contributed by atoms with E-state index in [1.165, 1.54) is 23.5 Å². The lowest BCUT2D eigenvalue weighted by Crippen LogP contribution is -2.44. The number of likely N-dealkylation sites (tertiary alicyclic amines) is 1. The highest BCUT2D eigenvalue weighted by molar-refractivity contribution is 7.11. The second kappa shape index (κ2) is 11.2. The van der Waals surface area contributed by atoms with Crippen LogP contribution < -0.4 is 5.32 Å². The van der Waals surface area contributed by atoms with Gasteiger partial charge in [-0.25, -0.2) is 19.0 Å². The number of esters is 1. The number of nitrogens with one attached hydrogen (secondary N) is 1. The maximum Gasteiger partial charge on any atom is 0.410 e. The molecule has 1 saturated heterocycles. The van der Waals surface area contributed by atoms with Gasteiger partial charge in [0.1, 0.15) is 17.5 Å². The van der Waals surface area contributed by atoms with Gasteiger partial charge in [0.15, 0.2) is 10.8 Å². The molecule has 1 atom stereocenters. The summed E-state index contributed by atoms with van der Waals surface area (Å²) in [4.78, 5) is 36.8. The van der Waals surface area contributed by atoms with Crippen LogP contribution in [0.15, 0.2) is 46.0 Å². The van der Waals surface area contributed by atoms with Crippen LogP contribution in [-0.2, 0) is 14.3 Å². The molecule has 2 aliphatic heterocycles. The van der Waals surface area contributed by atoms with Crippen molar-refractivity contribution in [1.29, 1.82) is 0 Å². The Morgan fingerprint density at radius 2 is 2.00 bits per heavy atom. The maximum absolute atomic E-state index is 13.9. The van der Waals surface area contributed by atoms with Crippen LogP contribution in [0.5, 0.6) is 0 Å². The third-order valence-corrected chi connectivity index (χ3v) is 7.12. The first-order valence-electron chi connectivity index (χ1n) is 12.2. The molecule has 3 heterocycles. The standard InChI is InChI=1S/C26H30ClFN4O4S/c1-5-35-24(33)19-20(15-8-11-32(12-9-15)25(34)36-26(2,3)4)30-22(23-29-10-13-37-23)31-21(19)17-7-6-16(28)14-18(17)27/h6-7,10,13-15,21H,5,8-9,11-12H2,1-4H3,(H,30,31). The highest BCUT2D eigenvalue weighted by atomic mass is 35.5. The third-order valence-electron chi connectivity index (χ3n) is 6.02. The average Bonchev–Trinajstić information content (AvgIpc) is 3.38.